The Morgan fingerprint density at radius 2 is 1.85 bits per heavy atom. The minimum Gasteiger partial charge on any atom is -0.497 e. The molecule has 1 N–H and O–H groups in total. The van der Waals surface area contributed by atoms with Gasteiger partial charge in [0.25, 0.3) is 5.91 Å². The number of hydrogen-bond acceptors (Lipinski definition) is 5. The molecule has 0 radical (unpaired) electrons. The monoisotopic (exact) mass is 371 g/mol. The molecule has 0 atom stereocenters. The van der Waals surface area contributed by atoms with Crippen molar-refractivity contribution in [2.24, 2.45) is 0 Å². The van der Waals surface area contributed by atoms with Gasteiger partial charge in [0.05, 0.1) is 17.7 Å². The van der Waals surface area contributed by atoms with Gasteiger partial charge in [-0.25, -0.2) is 13.1 Å². The van der Waals surface area contributed by atoms with Gasteiger partial charge in [-0.15, -0.1) is 0 Å². The Balaban J connectivity index is 1.78. The maximum atomic E-state index is 12.4. The first-order chi connectivity index (χ1) is 12.4. The van der Waals surface area contributed by atoms with Crippen LogP contribution in [0.1, 0.15) is 10.5 Å². The van der Waals surface area contributed by atoms with E-state index in [0.717, 1.165) is 17.7 Å². The fourth-order valence-corrected chi connectivity index (χ4v) is 2.99. The maximum absolute atomic E-state index is 12.4. The molecule has 0 spiro atoms. The summed E-state index contributed by atoms with van der Waals surface area (Å²) in [4.78, 5) is 12.5. The van der Waals surface area contributed by atoms with E-state index in [2.05, 4.69) is 10.4 Å². The van der Waals surface area contributed by atoms with Crippen LogP contribution in [0.25, 0.3) is 5.69 Å². The van der Waals surface area contributed by atoms with Crippen molar-refractivity contribution < 1.29 is 17.9 Å². The van der Waals surface area contributed by atoms with Crippen molar-refractivity contribution >= 4 is 21.4 Å². The van der Waals surface area contributed by atoms with Crippen molar-refractivity contribution in [3.8, 4) is 11.4 Å². The summed E-state index contributed by atoms with van der Waals surface area (Å²) in [5.74, 6) is 0.299. The summed E-state index contributed by atoms with van der Waals surface area (Å²) in [6.45, 7) is 0. The molecule has 1 heterocycles. The van der Waals surface area contributed by atoms with Crippen LogP contribution in [0.15, 0.2) is 65.7 Å². The lowest BCUT2D eigenvalue weighted by molar-refractivity contribution is 0.102. The summed E-state index contributed by atoms with van der Waals surface area (Å²) in [5.41, 5.74) is 1.38. The second-order valence-electron chi connectivity index (χ2n) is 5.60. The van der Waals surface area contributed by atoms with Crippen LogP contribution in [0.5, 0.6) is 5.75 Å². The van der Waals surface area contributed by atoms with Crippen molar-refractivity contribution in [1.82, 2.24) is 9.78 Å². The van der Waals surface area contributed by atoms with Gasteiger partial charge in [0.15, 0.2) is 15.5 Å². The normalized spacial score (nSPS) is 11.2. The molecule has 1 amide bonds. The number of methoxy groups -OCH3 is 1. The SMILES string of the molecule is COc1ccc(-n2ccc(C(=O)Nc3cccc(S(C)(=O)=O)c3)n2)cc1. The molecular weight excluding hydrogens is 354 g/mol. The van der Waals surface area contributed by atoms with Gasteiger partial charge in [0, 0.05) is 18.1 Å². The Kier molecular flexibility index (Phi) is 4.77. The van der Waals surface area contributed by atoms with Crippen LogP contribution in [-0.4, -0.2) is 37.5 Å². The molecule has 7 nitrogen and oxygen atoms in total. The summed E-state index contributed by atoms with van der Waals surface area (Å²) in [5, 5.41) is 6.90. The smallest absolute Gasteiger partial charge is 0.276 e. The van der Waals surface area contributed by atoms with Gasteiger partial charge in [-0.2, -0.15) is 5.10 Å². The fraction of sp³-hybridized carbons (Fsp3) is 0.111. The zero-order chi connectivity index (χ0) is 18.7. The molecule has 8 heteroatoms. The van der Waals surface area contributed by atoms with Crippen LogP contribution in [0, 0.1) is 0 Å². The number of anilines is 1. The second kappa shape index (κ2) is 7.01. The molecule has 0 fully saturated rings. The molecule has 0 aliphatic rings. The molecule has 0 aliphatic heterocycles. The van der Waals surface area contributed by atoms with E-state index in [1.54, 1.807) is 48.3 Å². The van der Waals surface area contributed by atoms with E-state index >= 15 is 0 Å². The number of aromatic nitrogens is 2. The first-order valence-electron chi connectivity index (χ1n) is 7.68. The second-order valence-corrected chi connectivity index (χ2v) is 7.61. The average Bonchev–Trinajstić information content (AvgIpc) is 3.11. The number of rotatable bonds is 5. The van der Waals surface area contributed by atoms with Crippen molar-refractivity contribution in [2.45, 2.75) is 4.90 Å². The largest absolute Gasteiger partial charge is 0.497 e. The van der Waals surface area contributed by atoms with Crippen molar-refractivity contribution in [3.63, 3.8) is 0 Å². The Labute approximate surface area is 151 Å². The summed E-state index contributed by atoms with van der Waals surface area (Å²) >= 11 is 0. The van der Waals surface area contributed by atoms with E-state index in [0.29, 0.717) is 5.69 Å². The van der Waals surface area contributed by atoms with Crippen LogP contribution < -0.4 is 10.1 Å². The molecule has 0 aliphatic carbocycles. The lowest BCUT2D eigenvalue weighted by atomic mass is 10.3. The Hall–Kier alpha value is -3.13. The average molecular weight is 371 g/mol. The Bertz CT molecular complexity index is 1040. The Morgan fingerprint density at radius 1 is 1.12 bits per heavy atom. The summed E-state index contributed by atoms with van der Waals surface area (Å²) in [7, 11) is -1.76. The number of carbonyl (C=O) groups is 1. The van der Waals surface area contributed by atoms with Crippen molar-refractivity contribution in [2.75, 3.05) is 18.7 Å². The first-order valence-corrected chi connectivity index (χ1v) is 9.57. The number of sulfone groups is 1. The van der Waals surface area contributed by atoms with Gasteiger partial charge in [-0.1, -0.05) is 6.07 Å². The highest BCUT2D eigenvalue weighted by molar-refractivity contribution is 7.90. The van der Waals surface area contributed by atoms with E-state index in [4.69, 9.17) is 4.74 Å². The van der Waals surface area contributed by atoms with Gasteiger partial charge in [0.2, 0.25) is 0 Å². The van der Waals surface area contributed by atoms with Crippen LogP contribution in [0.4, 0.5) is 5.69 Å². The third-order valence-corrected chi connectivity index (χ3v) is 4.79. The standard InChI is InChI=1S/C18H17N3O4S/c1-25-15-8-6-14(7-9-15)21-11-10-17(20-21)18(22)19-13-4-3-5-16(12-13)26(2,23)24/h3-12H,1-2H3,(H,19,22). The van der Waals surface area contributed by atoms with Crippen molar-refractivity contribution in [3.05, 3.63) is 66.5 Å². The zero-order valence-corrected chi connectivity index (χ0v) is 15.0. The fourth-order valence-electron chi connectivity index (χ4n) is 2.32. The third-order valence-electron chi connectivity index (χ3n) is 3.68. The lowest BCUT2D eigenvalue weighted by Crippen LogP contribution is -2.13. The summed E-state index contributed by atoms with van der Waals surface area (Å²) in [6, 6.07) is 14.9. The number of amides is 1. The number of nitrogens with one attached hydrogen (secondary N) is 1. The minimum atomic E-state index is -3.34. The number of ether oxygens (including phenoxy) is 1. The molecule has 2 aromatic carbocycles. The highest BCUT2D eigenvalue weighted by atomic mass is 32.2. The van der Waals surface area contributed by atoms with Gasteiger partial charge < -0.3 is 10.1 Å². The minimum absolute atomic E-state index is 0.138. The summed E-state index contributed by atoms with van der Waals surface area (Å²) < 4.78 is 29.9. The maximum Gasteiger partial charge on any atom is 0.276 e. The number of hydrogen-bond donors (Lipinski definition) is 1. The van der Waals surface area contributed by atoms with Gasteiger partial charge in [-0.05, 0) is 48.5 Å². The predicted octanol–water partition coefficient (Wildman–Crippen LogP) is 2.54. The van der Waals surface area contributed by atoms with Crippen LogP contribution in [0.3, 0.4) is 0 Å². The molecule has 0 saturated heterocycles. The molecule has 3 aromatic rings. The van der Waals surface area contributed by atoms with Crippen LogP contribution in [-0.2, 0) is 9.84 Å². The lowest BCUT2D eigenvalue weighted by Gasteiger charge is -2.06. The molecule has 3 rings (SSSR count). The summed E-state index contributed by atoms with van der Waals surface area (Å²) in [6.07, 6.45) is 2.79. The van der Waals surface area contributed by atoms with Crippen molar-refractivity contribution in [1.29, 1.82) is 0 Å². The molecular formula is C18H17N3O4S. The third kappa shape index (κ3) is 3.92. The van der Waals surface area contributed by atoms with E-state index in [-0.39, 0.29) is 10.6 Å². The quantitative estimate of drug-likeness (QED) is 0.744. The van der Waals surface area contributed by atoms with Gasteiger partial charge in [-0.3, -0.25) is 4.79 Å². The number of nitrogens with zero attached hydrogens (tertiary/aromatic N) is 2. The highest BCUT2D eigenvalue weighted by Gasteiger charge is 2.13. The Morgan fingerprint density at radius 3 is 2.50 bits per heavy atom. The predicted molar refractivity (Wildman–Crippen MR) is 97.6 cm³/mol. The molecule has 0 unspecified atom stereocenters. The molecule has 134 valence electrons. The van der Waals surface area contributed by atoms with E-state index < -0.39 is 15.7 Å². The number of carbonyl (C=O) groups excluding carboxylic acids is 1. The van der Waals surface area contributed by atoms with E-state index in [9.17, 15) is 13.2 Å². The number of benzene rings is 2. The highest BCUT2D eigenvalue weighted by Crippen LogP contribution is 2.17. The molecule has 1 aromatic heterocycles. The first kappa shape index (κ1) is 17.7. The molecule has 0 saturated carbocycles. The van der Waals surface area contributed by atoms with Crippen LogP contribution >= 0.6 is 0 Å². The van der Waals surface area contributed by atoms with Gasteiger partial charge in [0.1, 0.15) is 5.75 Å². The van der Waals surface area contributed by atoms with E-state index in [1.807, 2.05) is 12.1 Å². The molecule has 0 bridgehead atoms. The molecule has 26 heavy (non-hydrogen) atoms. The topological polar surface area (TPSA) is 90.3 Å². The van der Waals surface area contributed by atoms with Crippen LogP contribution in [0.2, 0.25) is 0 Å². The van der Waals surface area contributed by atoms with E-state index in [1.165, 1.54) is 12.1 Å². The zero-order valence-electron chi connectivity index (χ0n) is 14.2. The van der Waals surface area contributed by atoms with Gasteiger partial charge >= 0.3 is 0 Å².